The van der Waals surface area contributed by atoms with Gasteiger partial charge >= 0.3 is 0 Å². The van der Waals surface area contributed by atoms with Gasteiger partial charge in [-0.25, -0.2) is 0 Å². The molecule has 0 saturated carbocycles. The fourth-order valence-corrected chi connectivity index (χ4v) is 4.00. The average molecular weight is 350 g/mol. The second kappa shape index (κ2) is 7.92. The zero-order valence-corrected chi connectivity index (χ0v) is 15.1. The van der Waals surface area contributed by atoms with Gasteiger partial charge in [0.15, 0.2) is 0 Å². The van der Waals surface area contributed by atoms with Gasteiger partial charge in [-0.2, -0.15) is 0 Å². The molecule has 2 aliphatic rings. The molecule has 2 aromatic carbocycles. The SMILES string of the molecule is O=C1NC2CCCC1CN(Cc1cccc(OCc3ccccc3)c1)C2. The molecule has 2 saturated heterocycles. The largest absolute Gasteiger partial charge is 0.489 e. The van der Waals surface area contributed by atoms with Crippen molar-refractivity contribution in [2.75, 3.05) is 13.1 Å². The Morgan fingerprint density at radius 3 is 2.73 bits per heavy atom. The van der Waals surface area contributed by atoms with Gasteiger partial charge in [0.05, 0.1) is 5.92 Å². The van der Waals surface area contributed by atoms with Crippen LogP contribution in [-0.4, -0.2) is 29.9 Å². The fraction of sp³-hybridized carbons (Fsp3) is 0.409. The number of nitrogens with zero attached hydrogens (tertiary/aromatic N) is 1. The maximum absolute atomic E-state index is 12.2. The Morgan fingerprint density at radius 1 is 1.00 bits per heavy atom. The minimum atomic E-state index is 0.139. The number of fused-ring (bicyclic) bond motifs is 3. The number of carbonyl (C=O) groups excluding carboxylic acids is 1. The fourth-order valence-electron chi connectivity index (χ4n) is 4.00. The van der Waals surface area contributed by atoms with E-state index in [0.29, 0.717) is 12.6 Å². The molecule has 4 heteroatoms. The first kappa shape index (κ1) is 17.1. The zero-order valence-electron chi connectivity index (χ0n) is 15.1. The van der Waals surface area contributed by atoms with E-state index in [9.17, 15) is 4.79 Å². The van der Waals surface area contributed by atoms with E-state index in [1.165, 1.54) is 11.1 Å². The Kier molecular flexibility index (Phi) is 5.21. The molecule has 26 heavy (non-hydrogen) atoms. The van der Waals surface area contributed by atoms with Crippen molar-refractivity contribution < 1.29 is 9.53 Å². The lowest BCUT2D eigenvalue weighted by Crippen LogP contribution is -2.38. The highest BCUT2D eigenvalue weighted by atomic mass is 16.5. The summed E-state index contributed by atoms with van der Waals surface area (Å²) in [5.74, 6) is 1.28. The summed E-state index contributed by atoms with van der Waals surface area (Å²) in [7, 11) is 0. The van der Waals surface area contributed by atoms with E-state index >= 15 is 0 Å². The van der Waals surface area contributed by atoms with E-state index in [1.807, 2.05) is 24.3 Å². The van der Waals surface area contributed by atoms with Crippen molar-refractivity contribution >= 4 is 5.91 Å². The molecule has 2 aromatic rings. The maximum atomic E-state index is 12.2. The molecule has 4 rings (SSSR count). The Bertz CT molecular complexity index is 747. The molecule has 0 aromatic heterocycles. The zero-order chi connectivity index (χ0) is 17.8. The van der Waals surface area contributed by atoms with Crippen LogP contribution in [0.4, 0.5) is 0 Å². The van der Waals surface area contributed by atoms with Crippen LogP contribution in [0.15, 0.2) is 54.6 Å². The Hall–Kier alpha value is -2.33. The number of likely N-dealkylation sites (tertiary alicyclic amines) is 1. The van der Waals surface area contributed by atoms with E-state index < -0.39 is 0 Å². The second-order valence-electron chi connectivity index (χ2n) is 7.45. The van der Waals surface area contributed by atoms with E-state index in [4.69, 9.17) is 4.74 Å². The lowest BCUT2D eigenvalue weighted by molar-refractivity contribution is -0.124. The molecule has 0 aliphatic carbocycles. The third kappa shape index (κ3) is 4.25. The summed E-state index contributed by atoms with van der Waals surface area (Å²) in [4.78, 5) is 14.6. The number of ether oxygens (including phenoxy) is 1. The summed E-state index contributed by atoms with van der Waals surface area (Å²) in [6, 6.07) is 18.8. The van der Waals surface area contributed by atoms with E-state index in [0.717, 1.165) is 44.6 Å². The maximum Gasteiger partial charge on any atom is 0.224 e. The van der Waals surface area contributed by atoms with Crippen molar-refractivity contribution in [2.24, 2.45) is 5.92 Å². The number of hydrogen-bond acceptors (Lipinski definition) is 3. The number of amides is 1. The summed E-state index contributed by atoms with van der Waals surface area (Å²) in [5, 5.41) is 3.20. The van der Waals surface area contributed by atoms with Crippen LogP contribution in [0, 0.1) is 5.92 Å². The number of nitrogens with one attached hydrogen (secondary N) is 1. The number of benzene rings is 2. The summed E-state index contributed by atoms with van der Waals surface area (Å²) in [5.41, 5.74) is 2.41. The lowest BCUT2D eigenvalue weighted by atomic mass is 9.99. The van der Waals surface area contributed by atoms with E-state index in [1.54, 1.807) is 0 Å². The number of rotatable bonds is 5. The Morgan fingerprint density at radius 2 is 1.85 bits per heavy atom. The predicted molar refractivity (Wildman–Crippen MR) is 102 cm³/mol. The molecule has 0 radical (unpaired) electrons. The average Bonchev–Trinajstić information content (AvgIpc) is 2.90. The summed E-state index contributed by atoms with van der Waals surface area (Å²) >= 11 is 0. The smallest absolute Gasteiger partial charge is 0.224 e. The Labute approximate surface area is 155 Å². The van der Waals surface area contributed by atoms with Gasteiger partial charge in [0.25, 0.3) is 0 Å². The molecule has 4 nitrogen and oxygen atoms in total. The molecular weight excluding hydrogens is 324 g/mol. The molecule has 2 aliphatic heterocycles. The molecule has 2 heterocycles. The van der Waals surface area contributed by atoms with Crippen molar-refractivity contribution in [1.29, 1.82) is 0 Å². The monoisotopic (exact) mass is 350 g/mol. The highest BCUT2D eigenvalue weighted by Crippen LogP contribution is 2.24. The van der Waals surface area contributed by atoms with Gasteiger partial charge in [0.2, 0.25) is 5.91 Å². The van der Waals surface area contributed by atoms with Crippen LogP contribution in [-0.2, 0) is 17.9 Å². The van der Waals surface area contributed by atoms with E-state index in [2.05, 4.69) is 40.5 Å². The first-order valence-electron chi connectivity index (χ1n) is 9.55. The van der Waals surface area contributed by atoms with Crippen LogP contribution in [0.5, 0.6) is 5.75 Å². The third-order valence-corrected chi connectivity index (χ3v) is 5.33. The molecule has 0 spiro atoms. The molecule has 1 N–H and O–H groups in total. The quantitative estimate of drug-likeness (QED) is 0.899. The predicted octanol–water partition coefficient (Wildman–Crippen LogP) is 3.37. The minimum absolute atomic E-state index is 0.139. The van der Waals surface area contributed by atoms with Gasteiger partial charge in [0, 0.05) is 25.7 Å². The minimum Gasteiger partial charge on any atom is -0.489 e. The molecular formula is C22H26N2O2. The van der Waals surface area contributed by atoms with Crippen LogP contribution in [0.25, 0.3) is 0 Å². The normalized spacial score (nSPS) is 23.2. The second-order valence-corrected chi connectivity index (χ2v) is 7.45. The van der Waals surface area contributed by atoms with Crippen molar-refractivity contribution in [2.45, 2.75) is 38.5 Å². The number of hydrogen-bond donors (Lipinski definition) is 1. The molecule has 2 fully saturated rings. The van der Waals surface area contributed by atoms with Crippen LogP contribution in [0.1, 0.15) is 30.4 Å². The van der Waals surface area contributed by atoms with Crippen LogP contribution in [0.2, 0.25) is 0 Å². The Balaban J connectivity index is 1.40. The van der Waals surface area contributed by atoms with Crippen LogP contribution in [0.3, 0.4) is 0 Å². The lowest BCUT2D eigenvalue weighted by Gasteiger charge is -2.27. The summed E-state index contributed by atoms with van der Waals surface area (Å²) < 4.78 is 5.95. The van der Waals surface area contributed by atoms with Gasteiger partial charge in [-0.05, 0) is 36.1 Å². The first-order chi connectivity index (χ1) is 12.8. The van der Waals surface area contributed by atoms with Crippen LogP contribution < -0.4 is 10.1 Å². The van der Waals surface area contributed by atoms with Crippen LogP contribution >= 0.6 is 0 Å². The van der Waals surface area contributed by atoms with Gasteiger partial charge in [-0.15, -0.1) is 0 Å². The highest BCUT2D eigenvalue weighted by Gasteiger charge is 2.32. The highest BCUT2D eigenvalue weighted by molar-refractivity contribution is 5.79. The van der Waals surface area contributed by atoms with Crippen molar-refractivity contribution in [3.05, 3.63) is 65.7 Å². The van der Waals surface area contributed by atoms with Gasteiger partial charge < -0.3 is 10.1 Å². The molecule has 2 bridgehead atoms. The first-order valence-corrected chi connectivity index (χ1v) is 9.55. The molecule has 2 unspecified atom stereocenters. The van der Waals surface area contributed by atoms with Crippen molar-refractivity contribution in [1.82, 2.24) is 10.2 Å². The van der Waals surface area contributed by atoms with Gasteiger partial charge in [0.1, 0.15) is 12.4 Å². The van der Waals surface area contributed by atoms with Gasteiger partial charge in [-0.3, -0.25) is 9.69 Å². The summed E-state index contributed by atoms with van der Waals surface area (Å²) in [6.45, 7) is 3.25. The van der Waals surface area contributed by atoms with Crippen molar-refractivity contribution in [3.63, 3.8) is 0 Å². The van der Waals surface area contributed by atoms with Crippen molar-refractivity contribution in [3.8, 4) is 5.75 Å². The standard InChI is InChI=1S/C22H26N2O2/c25-22-19-9-5-10-20(23-22)15-24(14-19)13-18-8-4-11-21(12-18)26-16-17-6-2-1-3-7-17/h1-4,6-8,11-12,19-20H,5,9-10,13-16H2,(H,23,25). The number of carbonyl (C=O) groups is 1. The molecule has 136 valence electrons. The summed E-state index contributed by atoms with van der Waals surface area (Å²) in [6.07, 6.45) is 3.27. The molecule has 2 atom stereocenters. The van der Waals surface area contributed by atoms with Gasteiger partial charge in [-0.1, -0.05) is 48.9 Å². The topological polar surface area (TPSA) is 41.6 Å². The molecule has 1 amide bonds. The van der Waals surface area contributed by atoms with E-state index in [-0.39, 0.29) is 11.8 Å². The third-order valence-electron chi connectivity index (χ3n) is 5.33.